The van der Waals surface area contributed by atoms with Crippen molar-refractivity contribution in [1.82, 2.24) is 75.0 Å². The van der Waals surface area contributed by atoms with Gasteiger partial charge < -0.3 is 80.9 Å². The zero-order valence-electron chi connectivity index (χ0n) is 74.3. The van der Waals surface area contributed by atoms with E-state index >= 15 is 0 Å². The van der Waals surface area contributed by atoms with Gasteiger partial charge in [-0.3, -0.25) is 19.2 Å². The van der Waals surface area contributed by atoms with Crippen LogP contribution in [-0.4, -0.2) is 265 Å². The van der Waals surface area contributed by atoms with Crippen LogP contribution in [0.3, 0.4) is 0 Å². The lowest BCUT2D eigenvalue weighted by Gasteiger charge is -2.38. The molecule has 4 amide bonds. The zero-order chi connectivity index (χ0) is 91.0. The van der Waals surface area contributed by atoms with E-state index in [0.29, 0.717) is 143 Å². The highest BCUT2D eigenvalue weighted by molar-refractivity contribution is 6.42. The summed E-state index contributed by atoms with van der Waals surface area (Å²) in [6.07, 6.45) is 11.7. The molecule has 5 aliphatic carbocycles. The van der Waals surface area contributed by atoms with Gasteiger partial charge in [0, 0.05) is 169 Å². The fourth-order valence-electron chi connectivity index (χ4n) is 19.8. The summed E-state index contributed by atoms with van der Waals surface area (Å²) in [6, 6.07) is 25.4. The third-order valence-electron chi connectivity index (χ3n) is 27.2. The molecule has 18 rings (SSSR count). The van der Waals surface area contributed by atoms with Gasteiger partial charge in [0.15, 0.2) is 0 Å². The summed E-state index contributed by atoms with van der Waals surface area (Å²) in [5.41, 5.74) is 16.5. The second kappa shape index (κ2) is 42.9. The van der Waals surface area contributed by atoms with Gasteiger partial charge >= 0.3 is 0 Å². The average molecular weight is 1870 g/mol. The molecule has 28 nitrogen and oxygen atoms in total. The predicted octanol–water partition coefficient (Wildman–Crippen LogP) is 12.3. The molecular weight excluding hydrogens is 1750 g/mol. The lowest BCUT2D eigenvalue weighted by atomic mass is 9.96. The topological polar surface area (TPSA) is 332 Å². The van der Waals surface area contributed by atoms with Crippen molar-refractivity contribution >= 4 is 105 Å². The number of anilines is 4. The standard InChI is InChI=1S/2C25H32ClN5O2.C24H31ClFN5O2.C21H25Cl2N5O2/c1-16-12-21(32)23-22(16)24(29-15-28-23)30-8-10-31(11-9-30)25(33)20(14-27-13-17-2-3-17)18-4-6-19(26)7-5-18;1-17-14-21(32)23-22(17)24(28-16-27-23)30-10-12-31(13-11-30)25(33)20(15-29-8-2-3-9-29)18-4-6-19(26)7-5-18;1-14(2)27-12-17(16-4-5-18(25)19(26)11-16)24(33)31-8-6-30(7-9-31)23-21-15(3)10-20(32)22(21)28-13-29-23;1-12-8-17(29)19-18(12)20(26-11-25-19)27-4-6-28(7-5-27)21(30)14(10-24)13-2-3-15(22)16(23)9-13/h4-7,15-17,20-21,27,32H,2-3,8-14H2,1H3;4-7,16-17,20-21,32H,2-3,8-15H2,1H3;4-5,11,13-15,17,20,27,32H,6-10,12H2,1-3H3;2-3,9,11-12,14,17,29H,4-8,10,24H2,1H3/t16-,20?,21-;17-,20?,21-;15-,17?,20-;12-,14-,17-/m1111/s1. The molecule has 8 N–H and O–H groups in total. The number of hydrogen-bond acceptors (Lipinski definition) is 24. The van der Waals surface area contributed by atoms with E-state index < -0.39 is 42.1 Å². The Bertz CT molecular complexity index is 5210. The highest BCUT2D eigenvalue weighted by atomic mass is 35.5. The fraction of sp³-hybridized carbons (Fsp3) is 0.537. The van der Waals surface area contributed by atoms with Gasteiger partial charge in [0.1, 0.15) is 54.4 Å². The summed E-state index contributed by atoms with van der Waals surface area (Å²) in [6.45, 7) is 28.0. The van der Waals surface area contributed by atoms with Crippen molar-refractivity contribution in [3.63, 3.8) is 0 Å². The number of piperazine rings is 4. The Morgan fingerprint density at radius 3 is 1.08 bits per heavy atom. The molecule has 0 spiro atoms. The fourth-order valence-corrected chi connectivity index (χ4v) is 20.5. The number of hydrogen-bond donors (Lipinski definition) is 7. The number of likely N-dealkylation sites (tertiary alicyclic amines) is 1. The maximum absolute atomic E-state index is 14.1. The second-order valence-corrected chi connectivity index (χ2v) is 38.5. The highest BCUT2D eigenvalue weighted by Crippen LogP contribution is 2.48. The lowest BCUT2D eigenvalue weighted by molar-refractivity contribution is -0.134. The molecule has 4 aromatic carbocycles. The van der Waals surface area contributed by atoms with Gasteiger partial charge in [0.2, 0.25) is 23.6 Å². The van der Waals surface area contributed by atoms with E-state index in [1.54, 1.807) is 36.9 Å². The minimum atomic E-state index is -0.548. The molecule has 34 heteroatoms. The number of nitrogens with zero attached hydrogens (tertiary/aromatic N) is 17. The molecule has 0 radical (unpaired) electrons. The Kier molecular flexibility index (Phi) is 31.6. The van der Waals surface area contributed by atoms with Gasteiger partial charge in [0.05, 0.1) is 85.9 Å². The van der Waals surface area contributed by atoms with E-state index in [1.165, 1.54) is 50.5 Å². The first kappa shape index (κ1) is 95.0. The summed E-state index contributed by atoms with van der Waals surface area (Å²) in [7, 11) is 0. The van der Waals surface area contributed by atoms with E-state index in [0.717, 1.165) is 143 Å². The van der Waals surface area contributed by atoms with Crippen LogP contribution in [-0.2, 0) is 19.2 Å². The number of amides is 4. The summed E-state index contributed by atoms with van der Waals surface area (Å²) in [4.78, 5) is 108. The number of benzene rings is 4. The highest BCUT2D eigenvalue weighted by Gasteiger charge is 2.42. The van der Waals surface area contributed by atoms with Crippen molar-refractivity contribution in [3.05, 3.63) is 208 Å². The molecule has 8 aromatic rings. The first-order valence-corrected chi connectivity index (χ1v) is 47.6. The van der Waals surface area contributed by atoms with Crippen molar-refractivity contribution in [3.8, 4) is 0 Å². The molecular formula is C95H120Cl5FN20O8. The molecule has 3 unspecified atom stereocenters. The first-order valence-electron chi connectivity index (χ1n) is 45.7. The molecule has 690 valence electrons. The molecule has 4 aromatic heterocycles. The van der Waals surface area contributed by atoms with E-state index in [-0.39, 0.29) is 76.7 Å². The monoisotopic (exact) mass is 1860 g/mol. The Hall–Kier alpha value is -8.66. The number of nitrogens with two attached hydrogens (primary N) is 1. The number of carbonyl (C=O) groups excluding carboxylic acids is 4. The molecule has 10 aliphatic rings. The number of rotatable bonds is 22. The Morgan fingerprint density at radius 1 is 0.411 bits per heavy atom. The number of nitrogens with one attached hydrogen (secondary N) is 2. The molecule has 9 heterocycles. The Labute approximate surface area is 779 Å². The van der Waals surface area contributed by atoms with Crippen molar-refractivity contribution < 1.29 is 44.0 Å². The quantitative estimate of drug-likeness (QED) is 0.0331. The van der Waals surface area contributed by atoms with Gasteiger partial charge in [-0.05, 0) is 171 Å². The number of halogens is 6. The first-order chi connectivity index (χ1) is 62.2. The van der Waals surface area contributed by atoms with Crippen LogP contribution >= 0.6 is 58.0 Å². The smallest absolute Gasteiger partial charge is 0.231 e. The van der Waals surface area contributed by atoms with Crippen LogP contribution < -0.4 is 36.0 Å². The Balaban J connectivity index is 0.000000132. The third-order valence-corrected chi connectivity index (χ3v) is 28.7. The lowest BCUT2D eigenvalue weighted by Crippen LogP contribution is -2.51. The van der Waals surface area contributed by atoms with E-state index in [9.17, 15) is 44.0 Å². The van der Waals surface area contributed by atoms with E-state index in [2.05, 4.69) is 103 Å². The molecule has 5 saturated heterocycles. The minimum absolute atomic E-state index is 0.00718. The van der Waals surface area contributed by atoms with Crippen molar-refractivity contribution in [1.29, 1.82) is 0 Å². The van der Waals surface area contributed by atoms with E-state index in [4.69, 9.17) is 63.7 Å². The Morgan fingerprint density at radius 2 is 0.736 bits per heavy atom. The maximum atomic E-state index is 14.1. The van der Waals surface area contributed by atoms with Gasteiger partial charge in [-0.25, -0.2) is 44.3 Å². The number of aromatic nitrogens is 8. The number of aliphatic hydroxyl groups excluding tert-OH is 4. The number of carbonyl (C=O) groups is 4. The van der Waals surface area contributed by atoms with Crippen LogP contribution in [0.25, 0.3) is 0 Å². The van der Waals surface area contributed by atoms with Crippen LogP contribution in [0.4, 0.5) is 27.7 Å². The van der Waals surface area contributed by atoms with Gasteiger partial charge in [0.25, 0.3) is 0 Å². The van der Waals surface area contributed by atoms with E-state index in [1.807, 2.05) is 82.0 Å². The van der Waals surface area contributed by atoms with Crippen molar-refractivity contribution in [2.45, 2.75) is 171 Å². The van der Waals surface area contributed by atoms with Crippen LogP contribution in [0.15, 0.2) is 110 Å². The minimum Gasteiger partial charge on any atom is -0.387 e. The van der Waals surface area contributed by atoms with Gasteiger partial charge in [-0.1, -0.05) is 136 Å². The van der Waals surface area contributed by atoms with Crippen molar-refractivity contribution in [2.75, 3.05) is 170 Å². The van der Waals surface area contributed by atoms with Crippen molar-refractivity contribution in [2.24, 2.45) is 11.7 Å². The molecule has 6 fully saturated rings. The molecule has 1 saturated carbocycles. The second-order valence-electron chi connectivity index (χ2n) is 36.4. The average Bonchev–Trinajstić information content (AvgIpc) is 1.59. The number of aliphatic hydroxyl groups is 4. The normalized spacial score (nSPS) is 22.8. The van der Waals surface area contributed by atoms with Crippen LogP contribution in [0.5, 0.6) is 0 Å². The van der Waals surface area contributed by atoms with Crippen LogP contribution in [0, 0.1) is 11.7 Å². The van der Waals surface area contributed by atoms with Crippen LogP contribution in [0.1, 0.15) is 232 Å². The summed E-state index contributed by atoms with van der Waals surface area (Å²) in [5.74, 6) is 3.66. The predicted molar refractivity (Wildman–Crippen MR) is 500 cm³/mol. The summed E-state index contributed by atoms with van der Waals surface area (Å²) < 4.78 is 14.1. The van der Waals surface area contributed by atoms with Gasteiger partial charge in [-0.15, -0.1) is 0 Å². The molecule has 5 aliphatic heterocycles. The summed E-state index contributed by atoms with van der Waals surface area (Å²) in [5, 5.41) is 50.3. The number of fused-ring (bicyclic) bond motifs is 4. The zero-order valence-corrected chi connectivity index (χ0v) is 78.0. The molecule has 0 bridgehead atoms. The largest absolute Gasteiger partial charge is 0.387 e. The molecule has 129 heavy (non-hydrogen) atoms. The SMILES string of the molecule is CC(C)NCC(C(=O)N1CCN(c2ncnc3c2[C@H](C)C[C@H]3O)CC1)c1ccc(Cl)c(F)c1.C[C@@H]1C[C@@H](O)c2ncnc(N3CCN(C(=O)C(CN4CCCC4)c4ccc(Cl)cc4)CC3)c21.C[C@@H]1C[C@@H](O)c2ncnc(N3CCN(C(=O)C(CNCC4CC4)c4ccc(Cl)cc4)CC3)c21.C[C@@H]1C[C@@H](O)c2ncnc(N3CCN(C(=O)[C@H](CN)c4ccc(Cl)c(Cl)c4)CC3)c21. The van der Waals surface area contributed by atoms with Gasteiger partial charge in [-0.2, -0.15) is 0 Å². The third kappa shape index (κ3) is 22.2. The summed E-state index contributed by atoms with van der Waals surface area (Å²) >= 11 is 30.2. The maximum Gasteiger partial charge on any atom is 0.231 e. The van der Waals surface area contributed by atoms with Crippen LogP contribution in [0.2, 0.25) is 25.1 Å². The molecule has 12 atom stereocenters.